The highest BCUT2D eigenvalue weighted by molar-refractivity contribution is 5.69. The van der Waals surface area contributed by atoms with Gasteiger partial charge in [0.25, 0.3) is 0 Å². The molecule has 3 rings (SSSR count). The van der Waals surface area contributed by atoms with Crippen LogP contribution in [0.1, 0.15) is 39.2 Å². The van der Waals surface area contributed by atoms with Crippen molar-refractivity contribution in [3.63, 3.8) is 0 Å². The zero-order valence-corrected chi connectivity index (χ0v) is 15.2. The van der Waals surface area contributed by atoms with Crippen LogP contribution in [0.15, 0.2) is 30.3 Å². The molecular weight excluding hydrogens is 300 g/mol. The third-order valence-corrected chi connectivity index (χ3v) is 4.87. The fraction of sp³-hybridized carbons (Fsp3) is 0.650. The first-order valence-electron chi connectivity index (χ1n) is 9.13. The van der Waals surface area contributed by atoms with Gasteiger partial charge < -0.3 is 9.64 Å². The summed E-state index contributed by atoms with van der Waals surface area (Å²) in [6.07, 6.45) is 2.37. The van der Waals surface area contributed by atoms with Gasteiger partial charge in [-0.1, -0.05) is 30.3 Å². The van der Waals surface area contributed by atoms with Crippen LogP contribution in [-0.4, -0.2) is 47.7 Å². The highest BCUT2D eigenvalue weighted by Crippen LogP contribution is 2.28. The summed E-state index contributed by atoms with van der Waals surface area (Å²) in [6.45, 7) is 11.0. The molecule has 1 aromatic rings. The van der Waals surface area contributed by atoms with E-state index in [-0.39, 0.29) is 6.09 Å². The van der Waals surface area contributed by atoms with Crippen molar-refractivity contribution in [2.45, 2.75) is 45.8 Å². The lowest BCUT2D eigenvalue weighted by molar-refractivity contribution is -0.00507. The Labute approximate surface area is 145 Å². The molecule has 1 aromatic carbocycles. The van der Waals surface area contributed by atoms with Crippen molar-refractivity contribution in [1.29, 1.82) is 0 Å². The van der Waals surface area contributed by atoms with Crippen molar-refractivity contribution in [2.24, 2.45) is 11.8 Å². The molecular formula is C20H30N2O2. The van der Waals surface area contributed by atoms with Crippen molar-refractivity contribution in [3.05, 3.63) is 35.9 Å². The molecule has 2 aliphatic rings. The van der Waals surface area contributed by atoms with Crippen LogP contribution < -0.4 is 0 Å². The van der Waals surface area contributed by atoms with Crippen LogP contribution in [-0.2, 0) is 11.3 Å². The summed E-state index contributed by atoms with van der Waals surface area (Å²) in [5, 5.41) is 0. The highest BCUT2D eigenvalue weighted by atomic mass is 16.6. The Kier molecular flexibility index (Phi) is 5.14. The van der Waals surface area contributed by atoms with E-state index in [1.807, 2.05) is 25.7 Å². The van der Waals surface area contributed by atoms with E-state index in [4.69, 9.17) is 4.74 Å². The van der Waals surface area contributed by atoms with E-state index in [1.165, 1.54) is 31.5 Å². The van der Waals surface area contributed by atoms with Gasteiger partial charge in [-0.05, 0) is 51.0 Å². The fourth-order valence-corrected chi connectivity index (χ4v) is 3.53. The van der Waals surface area contributed by atoms with Crippen molar-refractivity contribution >= 4 is 6.09 Å². The number of amides is 1. The van der Waals surface area contributed by atoms with Gasteiger partial charge in [-0.15, -0.1) is 0 Å². The first-order valence-corrected chi connectivity index (χ1v) is 9.13. The Bertz CT molecular complexity index is 541. The first-order chi connectivity index (χ1) is 11.4. The number of hydrogen-bond donors (Lipinski definition) is 0. The molecule has 132 valence electrons. The predicted octanol–water partition coefficient (Wildman–Crippen LogP) is 3.77. The molecule has 0 spiro atoms. The molecule has 1 amide bonds. The molecule has 0 aliphatic carbocycles. The van der Waals surface area contributed by atoms with Crippen LogP contribution in [0.3, 0.4) is 0 Å². The van der Waals surface area contributed by atoms with Gasteiger partial charge in [0.15, 0.2) is 0 Å². The van der Waals surface area contributed by atoms with Gasteiger partial charge >= 0.3 is 6.09 Å². The molecule has 0 atom stereocenters. The van der Waals surface area contributed by atoms with Crippen LogP contribution in [0.4, 0.5) is 4.79 Å². The average Bonchev–Trinajstić information content (AvgIpc) is 2.41. The number of ether oxygens (including phenoxy) is 1. The lowest BCUT2D eigenvalue weighted by Gasteiger charge is -2.43. The number of hydrogen-bond acceptors (Lipinski definition) is 3. The number of rotatable bonds is 5. The van der Waals surface area contributed by atoms with Crippen LogP contribution >= 0.6 is 0 Å². The second kappa shape index (κ2) is 7.14. The molecule has 0 aromatic heterocycles. The molecule has 2 heterocycles. The van der Waals surface area contributed by atoms with Crippen LogP contribution in [0.5, 0.6) is 0 Å². The summed E-state index contributed by atoms with van der Waals surface area (Å²) in [7, 11) is 0. The summed E-state index contributed by atoms with van der Waals surface area (Å²) >= 11 is 0. The van der Waals surface area contributed by atoms with Gasteiger partial charge in [0.2, 0.25) is 0 Å². The summed E-state index contributed by atoms with van der Waals surface area (Å²) in [5.41, 5.74) is 1.01. The second-order valence-corrected chi connectivity index (χ2v) is 8.37. The summed E-state index contributed by atoms with van der Waals surface area (Å²) in [6, 6.07) is 10.7. The summed E-state index contributed by atoms with van der Waals surface area (Å²) in [5.74, 6) is 1.50. The van der Waals surface area contributed by atoms with Crippen LogP contribution in [0, 0.1) is 11.8 Å². The number of benzene rings is 1. The minimum absolute atomic E-state index is 0.156. The van der Waals surface area contributed by atoms with Gasteiger partial charge in [0.1, 0.15) is 5.60 Å². The minimum atomic E-state index is -0.393. The Morgan fingerprint density at radius 1 is 1.04 bits per heavy atom. The Morgan fingerprint density at radius 3 is 2.21 bits per heavy atom. The smallest absolute Gasteiger partial charge is 0.410 e. The maximum atomic E-state index is 11.9. The number of carbonyl (C=O) groups is 1. The molecule has 0 bridgehead atoms. The number of likely N-dealkylation sites (tertiary alicyclic amines) is 2. The lowest BCUT2D eigenvalue weighted by Crippen LogP contribution is -2.52. The van der Waals surface area contributed by atoms with E-state index in [0.29, 0.717) is 5.92 Å². The molecule has 4 heteroatoms. The second-order valence-electron chi connectivity index (χ2n) is 8.37. The largest absolute Gasteiger partial charge is 0.444 e. The van der Waals surface area contributed by atoms with Gasteiger partial charge in [0.05, 0.1) is 0 Å². The van der Waals surface area contributed by atoms with E-state index in [0.717, 1.165) is 25.6 Å². The minimum Gasteiger partial charge on any atom is -0.444 e. The molecule has 2 saturated heterocycles. The third kappa shape index (κ3) is 4.73. The molecule has 4 nitrogen and oxygen atoms in total. The van der Waals surface area contributed by atoms with E-state index < -0.39 is 5.60 Å². The fourth-order valence-electron chi connectivity index (χ4n) is 3.53. The first kappa shape index (κ1) is 17.3. The zero-order valence-electron chi connectivity index (χ0n) is 15.2. The zero-order chi connectivity index (χ0) is 17.2. The SMILES string of the molecule is CC(C)(C)OC(=O)N1CC(CCC2CN(Cc3ccccc3)C2)C1. The van der Waals surface area contributed by atoms with Crippen molar-refractivity contribution in [3.8, 4) is 0 Å². The van der Waals surface area contributed by atoms with Gasteiger partial charge in [-0.3, -0.25) is 4.90 Å². The normalized spacial score (nSPS) is 19.7. The van der Waals surface area contributed by atoms with Crippen LogP contribution in [0.25, 0.3) is 0 Å². The van der Waals surface area contributed by atoms with E-state index in [9.17, 15) is 4.79 Å². The molecule has 0 unspecified atom stereocenters. The Hall–Kier alpha value is -1.55. The number of carbonyl (C=O) groups excluding carboxylic acids is 1. The van der Waals surface area contributed by atoms with Gasteiger partial charge in [-0.25, -0.2) is 4.79 Å². The molecule has 0 N–H and O–H groups in total. The van der Waals surface area contributed by atoms with Crippen molar-refractivity contribution in [1.82, 2.24) is 9.80 Å². The quantitative estimate of drug-likeness (QED) is 0.824. The standard InChI is InChI=1S/C20H30N2O2/c1-20(2,3)24-19(23)22-14-18(15-22)10-9-17-12-21(13-17)11-16-7-5-4-6-8-16/h4-8,17-18H,9-15H2,1-3H3. The maximum absolute atomic E-state index is 11.9. The molecule has 2 aliphatic heterocycles. The third-order valence-electron chi connectivity index (χ3n) is 4.87. The van der Waals surface area contributed by atoms with E-state index in [1.54, 1.807) is 0 Å². The van der Waals surface area contributed by atoms with Gasteiger partial charge in [-0.2, -0.15) is 0 Å². The summed E-state index contributed by atoms with van der Waals surface area (Å²) < 4.78 is 5.40. The maximum Gasteiger partial charge on any atom is 0.410 e. The summed E-state index contributed by atoms with van der Waals surface area (Å²) in [4.78, 5) is 16.3. The molecule has 0 radical (unpaired) electrons. The van der Waals surface area contributed by atoms with Crippen molar-refractivity contribution < 1.29 is 9.53 Å². The van der Waals surface area contributed by atoms with E-state index in [2.05, 4.69) is 35.2 Å². The number of nitrogens with zero attached hydrogens (tertiary/aromatic N) is 2. The van der Waals surface area contributed by atoms with E-state index >= 15 is 0 Å². The lowest BCUT2D eigenvalue weighted by atomic mass is 9.87. The average molecular weight is 330 g/mol. The monoisotopic (exact) mass is 330 g/mol. The van der Waals surface area contributed by atoms with Crippen LogP contribution in [0.2, 0.25) is 0 Å². The van der Waals surface area contributed by atoms with Crippen molar-refractivity contribution in [2.75, 3.05) is 26.2 Å². The highest BCUT2D eigenvalue weighted by Gasteiger charge is 2.35. The predicted molar refractivity (Wildman–Crippen MR) is 95.7 cm³/mol. The Morgan fingerprint density at radius 2 is 1.62 bits per heavy atom. The topological polar surface area (TPSA) is 32.8 Å². The molecule has 24 heavy (non-hydrogen) atoms. The molecule has 2 fully saturated rings. The Balaban J connectivity index is 1.26. The molecule has 0 saturated carbocycles. The van der Waals surface area contributed by atoms with Gasteiger partial charge in [0, 0.05) is 32.7 Å².